The molecule has 280 valence electrons. The number of rotatable bonds is 13. The second-order valence-corrected chi connectivity index (χ2v) is 16.2. The Balaban J connectivity index is 1.15. The molecule has 2 aliphatic carbocycles. The number of likely N-dealkylation sites (tertiary alicyclic amines) is 2. The Morgan fingerprint density at radius 1 is 1.04 bits per heavy atom. The van der Waals surface area contributed by atoms with Gasteiger partial charge in [-0.25, -0.2) is 8.78 Å². The zero-order valence-electron chi connectivity index (χ0n) is 31.1. The molecule has 2 saturated heterocycles. The number of amidine groups is 2. The predicted octanol–water partition coefficient (Wildman–Crippen LogP) is 7.79. The van der Waals surface area contributed by atoms with Crippen LogP contribution in [0.3, 0.4) is 0 Å². The number of amides is 2. The van der Waals surface area contributed by atoms with Crippen LogP contribution in [0.15, 0.2) is 30.3 Å². The summed E-state index contributed by atoms with van der Waals surface area (Å²) in [5, 5.41) is 21.2. The van der Waals surface area contributed by atoms with E-state index >= 15 is 0 Å². The van der Waals surface area contributed by atoms with Crippen molar-refractivity contribution < 1.29 is 18.4 Å². The Labute approximate surface area is 304 Å². The number of nitrogens with zero attached hydrogens (tertiary/aromatic N) is 3. The molecule has 5 rings (SSSR count). The first kappa shape index (κ1) is 38.9. The van der Waals surface area contributed by atoms with Gasteiger partial charge in [-0.15, -0.1) is 12.3 Å². The number of benzene rings is 1. The van der Waals surface area contributed by atoms with Crippen molar-refractivity contribution in [1.82, 2.24) is 20.0 Å². The third kappa shape index (κ3) is 9.77. The molecule has 0 bridgehead atoms. The van der Waals surface area contributed by atoms with E-state index in [9.17, 15) is 23.8 Å². The van der Waals surface area contributed by atoms with Crippen molar-refractivity contribution >= 4 is 23.5 Å². The summed E-state index contributed by atoms with van der Waals surface area (Å²) in [5.74, 6) is 0.745. The maximum absolute atomic E-state index is 13.8. The van der Waals surface area contributed by atoms with Crippen molar-refractivity contribution in [1.29, 1.82) is 10.8 Å². The molecule has 4 atom stereocenters. The number of hydrogen-bond acceptors (Lipinski definition) is 5. The van der Waals surface area contributed by atoms with Crippen LogP contribution in [0.25, 0.3) is 0 Å². The van der Waals surface area contributed by atoms with Crippen molar-refractivity contribution in [3.63, 3.8) is 0 Å². The molecule has 1 aromatic carbocycles. The quantitative estimate of drug-likeness (QED) is 0.0844. The number of terminal acetylenes is 1. The van der Waals surface area contributed by atoms with E-state index in [0.29, 0.717) is 36.6 Å². The van der Waals surface area contributed by atoms with E-state index in [-0.39, 0.29) is 66.8 Å². The Kier molecular flexibility index (Phi) is 13.0. The molecule has 2 aliphatic heterocycles. The fourth-order valence-electron chi connectivity index (χ4n) is 9.42. The van der Waals surface area contributed by atoms with Gasteiger partial charge >= 0.3 is 0 Å². The van der Waals surface area contributed by atoms with E-state index in [1.54, 1.807) is 6.92 Å². The Bertz CT molecular complexity index is 1400. The summed E-state index contributed by atoms with van der Waals surface area (Å²) in [6, 6.07) is 10.4. The number of hydrogen-bond donors (Lipinski definition) is 3. The van der Waals surface area contributed by atoms with Crippen molar-refractivity contribution in [3.05, 3.63) is 35.9 Å². The first-order valence-electron chi connectivity index (χ1n) is 19.4. The monoisotopic (exact) mass is 706 g/mol. The zero-order valence-corrected chi connectivity index (χ0v) is 31.1. The molecule has 1 spiro atoms. The minimum atomic E-state index is -2.67. The largest absolute Gasteiger partial charge is 0.349 e. The Morgan fingerprint density at radius 2 is 1.71 bits per heavy atom. The number of unbranched alkanes of at least 4 members (excludes halogenated alkanes) is 1. The molecule has 1 aromatic rings. The van der Waals surface area contributed by atoms with Gasteiger partial charge in [0.1, 0.15) is 5.84 Å². The van der Waals surface area contributed by atoms with Gasteiger partial charge in [0.25, 0.3) is 0 Å². The normalized spacial score (nSPS) is 24.7. The van der Waals surface area contributed by atoms with E-state index < -0.39 is 5.92 Å². The number of halogens is 2. The highest BCUT2D eigenvalue weighted by Crippen LogP contribution is 2.53. The SMILES string of the molecule is C#CCCCC(=O)N1CCC2(CC1)CC(C(=N)N(C(C)=N)C(C)CC1CCC(C)N1CCC(NC(=O)C1CCC(F)(F)CC1)c1ccccc1)C2. The molecule has 3 N–H and O–H groups in total. The van der Waals surface area contributed by atoms with Gasteiger partial charge in [0.05, 0.1) is 11.9 Å². The molecule has 4 aliphatic rings. The van der Waals surface area contributed by atoms with Gasteiger partial charge in [0.15, 0.2) is 0 Å². The average Bonchev–Trinajstić information content (AvgIpc) is 3.43. The number of alkyl halides is 2. The number of carbonyl (C=O) groups excluding carboxylic acids is 2. The van der Waals surface area contributed by atoms with Gasteiger partial charge in [0, 0.05) is 75.3 Å². The van der Waals surface area contributed by atoms with Crippen LogP contribution in [-0.4, -0.2) is 81.9 Å². The summed E-state index contributed by atoms with van der Waals surface area (Å²) < 4.78 is 27.6. The van der Waals surface area contributed by atoms with Crippen LogP contribution < -0.4 is 5.32 Å². The van der Waals surface area contributed by atoms with Crippen molar-refractivity contribution in [3.8, 4) is 12.3 Å². The smallest absolute Gasteiger partial charge is 0.248 e. The van der Waals surface area contributed by atoms with Crippen LogP contribution in [0.1, 0.15) is 129 Å². The van der Waals surface area contributed by atoms with Gasteiger partial charge in [0.2, 0.25) is 17.7 Å². The van der Waals surface area contributed by atoms with E-state index in [1.807, 2.05) is 40.1 Å². The van der Waals surface area contributed by atoms with E-state index in [1.165, 1.54) is 0 Å². The van der Waals surface area contributed by atoms with Crippen LogP contribution in [0.4, 0.5) is 8.78 Å². The standard InChI is InChI=1S/C41H60F2N6O2/c1-5-6-8-13-37(50)47-24-21-40(22-25-47)27-34(28-40)38(45)49(31(4)44)30(3)26-35-15-14-29(2)48(35)23-18-36(32-11-9-7-10-12-32)46-39(51)33-16-19-41(42,43)20-17-33/h1,7,9-12,29-30,33-36,44-45H,6,8,13-28H2,2-4H3,(H,46,51). The second kappa shape index (κ2) is 17.0. The molecule has 2 heterocycles. The van der Waals surface area contributed by atoms with Crippen molar-refractivity contribution in [2.75, 3.05) is 19.6 Å². The second-order valence-electron chi connectivity index (χ2n) is 16.2. The van der Waals surface area contributed by atoms with Gasteiger partial charge in [-0.1, -0.05) is 30.3 Å². The minimum absolute atomic E-state index is 0.000817. The molecule has 8 nitrogen and oxygen atoms in total. The fourth-order valence-corrected chi connectivity index (χ4v) is 9.42. The molecule has 2 saturated carbocycles. The first-order chi connectivity index (χ1) is 24.3. The molecule has 10 heteroatoms. The van der Waals surface area contributed by atoms with E-state index in [4.69, 9.17) is 11.8 Å². The zero-order chi connectivity index (χ0) is 36.8. The van der Waals surface area contributed by atoms with Crippen LogP contribution in [0, 0.1) is 40.4 Å². The summed E-state index contributed by atoms with van der Waals surface area (Å²) in [6.45, 7) is 8.54. The van der Waals surface area contributed by atoms with Gasteiger partial charge < -0.3 is 15.1 Å². The Morgan fingerprint density at radius 3 is 2.33 bits per heavy atom. The number of carbonyl (C=O) groups is 2. The molecule has 0 radical (unpaired) electrons. The molecular weight excluding hydrogens is 646 g/mol. The lowest BCUT2D eigenvalue weighted by atomic mass is 9.57. The average molecular weight is 707 g/mol. The number of nitrogens with one attached hydrogen (secondary N) is 3. The first-order valence-corrected chi connectivity index (χ1v) is 19.4. The molecule has 4 unspecified atom stereocenters. The summed E-state index contributed by atoms with van der Waals surface area (Å²) >= 11 is 0. The van der Waals surface area contributed by atoms with Gasteiger partial charge in [-0.05, 0) is 102 Å². The predicted molar refractivity (Wildman–Crippen MR) is 199 cm³/mol. The summed E-state index contributed by atoms with van der Waals surface area (Å²) in [6.07, 6.45) is 14.8. The Hall–Kier alpha value is -3.32. The van der Waals surface area contributed by atoms with Gasteiger partial charge in [-0.2, -0.15) is 0 Å². The highest BCUT2D eigenvalue weighted by molar-refractivity contribution is 5.98. The molecule has 4 fully saturated rings. The topological polar surface area (TPSA) is 104 Å². The lowest BCUT2D eigenvalue weighted by Crippen LogP contribution is -2.55. The maximum Gasteiger partial charge on any atom is 0.248 e. The molecule has 2 amide bonds. The molecule has 0 aromatic heterocycles. The van der Waals surface area contributed by atoms with Crippen LogP contribution in [0.5, 0.6) is 0 Å². The lowest BCUT2D eigenvalue weighted by molar-refractivity contribution is -0.135. The molecule has 51 heavy (non-hydrogen) atoms. The summed E-state index contributed by atoms with van der Waals surface area (Å²) in [5.41, 5.74) is 1.22. The third-order valence-corrected chi connectivity index (χ3v) is 12.5. The van der Waals surface area contributed by atoms with Crippen LogP contribution in [0.2, 0.25) is 0 Å². The lowest BCUT2D eigenvalue weighted by Gasteiger charge is -2.53. The highest BCUT2D eigenvalue weighted by Gasteiger charge is 2.49. The third-order valence-electron chi connectivity index (χ3n) is 12.5. The number of piperidine rings is 1. The van der Waals surface area contributed by atoms with Gasteiger partial charge in [-0.3, -0.25) is 25.3 Å². The summed E-state index contributed by atoms with van der Waals surface area (Å²) in [4.78, 5) is 32.4. The fraction of sp³-hybridized carbons (Fsp3) is 0.707. The molecular formula is C41H60F2N6O2. The van der Waals surface area contributed by atoms with Crippen LogP contribution in [-0.2, 0) is 9.59 Å². The maximum atomic E-state index is 13.8. The minimum Gasteiger partial charge on any atom is -0.349 e. The van der Waals surface area contributed by atoms with Crippen LogP contribution >= 0.6 is 0 Å². The van der Waals surface area contributed by atoms with E-state index in [0.717, 1.165) is 83.0 Å². The van der Waals surface area contributed by atoms with Crippen molar-refractivity contribution in [2.45, 2.75) is 147 Å². The van der Waals surface area contributed by atoms with Crippen molar-refractivity contribution in [2.24, 2.45) is 17.3 Å². The highest BCUT2D eigenvalue weighted by atomic mass is 19.3. The van der Waals surface area contributed by atoms with E-state index in [2.05, 4.69) is 30.0 Å². The summed E-state index contributed by atoms with van der Waals surface area (Å²) in [7, 11) is 0.